The van der Waals surface area contributed by atoms with E-state index in [-0.39, 0.29) is 6.29 Å². The van der Waals surface area contributed by atoms with Crippen LogP contribution in [0.4, 0.5) is 0 Å². The molecule has 3 heterocycles. The first-order valence-electron chi connectivity index (χ1n) is 11.7. The number of ether oxygens (including phenoxy) is 2. The molecule has 0 radical (unpaired) electrons. The molecule has 0 aliphatic carbocycles. The number of aromatic nitrogens is 2. The van der Waals surface area contributed by atoms with Crippen molar-refractivity contribution in [2.75, 3.05) is 6.61 Å². The third-order valence-electron chi connectivity index (χ3n) is 6.37. The van der Waals surface area contributed by atoms with Gasteiger partial charge in [0.05, 0.1) is 17.6 Å². The summed E-state index contributed by atoms with van der Waals surface area (Å²) in [5.41, 5.74) is 4.35. The molecule has 170 valence electrons. The third kappa shape index (κ3) is 3.95. The molecule has 5 nitrogen and oxygen atoms in total. The molecule has 0 bridgehead atoms. The van der Waals surface area contributed by atoms with Gasteiger partial charge in [-0.25, -0.2) is 0 Å². The van der Waals surface area contributed by atoms with Crippen LogP contribution >= 0.6 is 0 Å². The molecule has 34 heavy (non-hydrogen) atoms. The maximum Gasteiger partial charge on any atom is 0.199 e. The number of H-pyrrole nitrogens is 2. The van der Waals surface area contributed by atoms with Crippen molar-refractivity contribution >= 4 is 43.6 Å². The molecule has 7 rings (SSSR count). The summed E-state index contributed by atoms with van der Waals surface area (Å²) < 4.78 is 11.5. The average Bonchev–Trinajstić information content (AvgIpc) is 3.42. The molecule has 0 saturated carbocycles. The standard InChI is InChI=1S/C17H17NO2.C12H9NO/c1-2-6-15-13(5-1)14-9-8-12(11-16(14)18-15)20-17-7-3-4-10-19-17;14-8-5-6-10-9-3-1-2-4-11(9)13-12(10)7-8/h1-2,5-6,8-9,11,17-18H,3-4,7,10H2;1-7,13-14H. The lowest BCUT2D eigenvalue weighted by Crippen LogP contribution is -2.24. The van der Waals surface area contributed by atoms with Crippen LogP contribution in [0.25, 0.3) is 43.6 Å². The Labute approximate surface area is 196 Å². The molecule has 1 fully saturated rings. The molecule has 3 N–H and O–H groups in total. The van der Waals surface area contributed by atoms with E-state index in [4.69, 9.17) is 9.47 Å². The Kier molecular flexibility index (Phi) is 5.32. The van der Waals surface area contributed by atoms with Gasteiger partial charge >= 0.3 is 0 Å². The van der Waals surface area contributed by atoms with E-state index < -0.39 is 0 Å². The molecule has 0 amide bonds. The van der Waals surface area contributed by atoms with Crippen molar-refractivity contribution in [3.63, 3.8) is 0 Å². The van der Waals surface area contributed by atoms with Gasteiger partial charge in [-0.3, -0.25) is 0 Å². The van der Waals surface area contributed by atoms with Crippen molar-refractivity contribution < 1.29 is 14.6 Å². The van der Waals surface area contributed by atoms with Crippen LogP contribution in [0.3, 0.4) is 0 Å². The molecule has 1 aliphatic heterocycles. The van der Waals surface area contributed by atoms with E-state index in [1.807, 2.05) is 36.4 Å². The summed E-state index contributed by atoms with van der Waals surface area (Å²) in [6.45, 7) is 0.805. The summed E-state index contributed by atoms with van der Waals surface area (Å²) in [7, 11) is 0. The average molecular weight is 451 g/mol. The summed E-state index contributed by atoms with van der Waals surface area (Å²) in [6.07, 6.45) is 3.20. The zero-order chi connectivity index (χ0) is 22.9. The normalized spacial score (nSPS) is 16.1. The maximum absolute atomic E-state index is 9.34. The molecule has 4 aromatic carbocycles. The fourth-order valence-corrected chi connectivity index (χ4v) is 4.71. The number of phenolic OH excluding ortho intramolecular Hbond substituents is 1. The number of benzene rings is 4. The summed E-state index contributed by atoms with van der Waals surface area (Å²) in [6, 6.07) is 28.1. The first kappa shape index (κ1) is 20.6. The largest absolute Gasteiger partial charge is 0.508 e. The fraction of sp³-hybridized carbons (Fsp3) is 0.172. The second-order valence-corrected chi connectivity index (χ2v) is 8.69. The fourth-order valence-electron chi connectivity index (χ4n) is 4.71. The third-order valence-corrected chi connectivity index (χ3v) is 6.37. The number of aromatic amines is 2. The number of para-hydroxylation sites is 2. The number of hydrogen-bond donors (Lipinski definition) is 3. The van der Waals surface area contributed by atoms with Gasteiger partial charge < -0.3 is 24.5 Å². The first-order valence-corrected chi connectivity index (χ1v) is 11.7. The van der Waals surface area contributed by atoms with Gasteiger partial charge in [0.2, 0.25) is 0 Å². The number of hydrogen-bond acceptors (Lipinski definition) is 3. The zero-order valence-corrected chi connectivity index (χ0v) is 18.8. The number of rotatable bonds is 2. The van der Waals surface area contributed by atoms with Gasteiger partial charge in [0.25, 0.3) is 0 Å². The lowest BCUT2D eigenvalue weighted by molar-refractivity contribution is -0.105. The smallest absolute Gasteiger partial charge is 0.199 e. The van der Waals surface area contributed by atoms with Gasteiger partial charge in [0.15, 0.2) is 6.29 Å². The number of fused-ring (bicyclic) bond motifs is 6. The molecule has 6 aromatic rings. The Morgan fingerprint density at radius 1 is 0.676 bits per heavy atom. The van der Waals surface area contributed by atoms with Gasteiger partial charge in [-0.05, 0) is 49.2 Å². The molecular formula is C29H26N2O3. The van der Waals surface area contributed by atoms with E-state index in [0.29, 0.717) is 5.75 Å². The highest BCUT2D eigenvalue weighted by Crippen LogP contribution is 2.30. The predicted octanol–water partition coefficient (Wildman–Crippen LogP) is 7.25. The topological polar surface area (TPSA) is 70.3 Å². The summed E-state index contributed by atoms with van der Waals surface area (Å²) in [4.78, 5) is 6.69. The molecule has 1 aliphatic rings. The quantitative estimate of drug-likeness (QED) is 0.260. The van der Waals surface area contributed by atoms with E-state index in [0.717, 1.165) is 52.7 Å². The molecule has 1 atom stereocenters. The molecular weight excluding hydrogens is 424 g/mol. The molecule has 2 aromatic heterocycles. The Bertz CT molecular complexity index is 1590. The van der Waals surface area contributed by atoms with Gasteiger partial charge in [-0.1, -0.05) is 36.4 Å². The SMILES string of the molecule is Oc1ccc2c(c1)[nH]c1ccccc12.c1ccc2c(c1)[nH]c1cc(OC3CCCCO3)ccc12. The Hall–Kier alpha value is -3.96. The molecule has 1 unspecified atom stereocenters. The summed E-state index contributed by atoms with van der Waals surface area (Å²) in [5, 5.41) is 14.2. The van der Waals surface area contributed by atoms with Crippen LogP contribution in [-0.4, -0.2) is 28.0 Å². The highest BCUT2D eigenvalue weighted by Gasteiger charge is 2.15. The van der Waals surface area contributed by atoms with Crippen LogP contribution < -0.4 is 4.74 Å². The van der Waals surface area contributed by atoms with Gasteiger partial charge in [0, 0.05) is 51.1 Å². The molecule has 5 heteroatoms. The molecule has 1 saturated heterocycles. The highest BCUT2D eigenvalue weighted by molar-refractivity contribution is 6.08. The van der Waals surface area contributed by atoms with Crippen molar-refractivity contribution in [1.29, 1.82) is 0 Å². The minimum absolute atomic E-state index is 0.0921. The lowest BCUT2D eigenvalue weighted by Gasteiger charge is -2.23. The van der Waals surface area contributed by atoms with E-state index in [1.165, 1.54) is 22.6 Å². The van der Waals surface area contributed by atoms with Gasteiger partial charge in [0.1, 0.15) is 11.5 Å². The summed E-state index contributed by atoms with van der Waals surface area (Å²) in [5.74, 6) is 1.17. The highest BCUT2D eigenvalue weighted by atomic mass is 16.7. The van der Waals surface area contributed by atoms with E-state index >= 15 is 0 Å². The van der Waals surface area contributed by atoms with Gasteiger partial charge in [-0.15, -0.1) is 0 Å². The van der Waals surface area contributed by atoms with Gasteiger partial charge in [-0.2, -0.15) is 0 Å². The minimum Gasteiger partial charge on any atom is -0.508 e. The minimum atomic E-state index is -0.0921. The monoisotopic (exact) mass is 450 g/mol. The van der Waals surface area contributed by atoms with Crippen molar-refractivity contribution in [2.45, 2.75) is 25.6 Å². The van der Waals surface area contributed by atoms with E-state index in [9.17, 15) is 5.11 Å². The van der Waals surface area contributed by atoms with Crippen LogP contribution in [0.15, 0.2) is 84.9 Å². The zero-order valence-electron chi connectivity index (χ0n) is 18.8. The van der Waals surface area contributed by atoms with Crippen molar-refractivity contribution in [1.82, 2.24) is 9.97 Å². The predicted molar refractivity (Wildman–Crippen MR) is 137 cm³/mol. The van der Waals surface area contributed by atoms with Crippen LogP contribution in [0.5, 0.6) is 11.5 Å². The lowest BCUT2D eigenvalue weighted by atomic mass is 10.1. The van der Waals surface area contributed by atoms with Crippen molar-refractivity contribution in [3.05, 3.63) is 84.9 Å². The Balaban J connectivity index is 0.000000136. The molecule has 0 spiro atoms. The number of phenols is 1. The number of aromatic hydroxyl groups is 1. The number of nitrogens with one attached hydrogen (secondary N) is 2. The van der Waals surface area contributed by atoms with E-state index in [1.54, 1.807) is 12.1 Å². The van der Waals surface area contributed by atoms with Crippen LogP contribution in [-0.2, 0) is 4.74 Å². The van der Waals surface area contributed by atoms with Crippen molar-refractivity contribution in [3.8, 4) is 11.5 Å². The second-order valence-electron chi connectivity index (χ2n) is 8.69. The second kappa shape index (κ2) is 8.76. The maximum atomic E-state index is 9.34. The summed E-state index contributed by atoms with van der Waals surface area (Å²) >= 11 is 0. The van der Waals surface area contributed by atoms with Crippen LogP contribution in [0, 0.1) is 0 Å². The van der Waals surface area contributed by atoms with Crippen LogP contribution in [0.1, 0.15) is 19.3 Å². The first-order chi connectivity index (χ1) is 16.7. The Morgan fingerprint density at radius 3 is 1.97 bits per heavy atom. The Morgan fingerprint density at radius 2 is 1.29 bits per heavy atom. The van der Waals surface area contributed by atoms with Crippen molar-refractivity contribution in [2.24, 2.45) is 0 Å². The van der Waals surface area contributed by atoms with Crippen LogP contribution in [0.2, 0.25) is 0 Å². The van der Waals surface area contributed by atoms with E-state index in [2.05, 4.69) is 46.4 Å².